The van der Waals surface area contributed by atoms with Crippen LogP contribution in [0.5, 0.6) is 5.75 Å². The molecule has 0 unspecified atom stereocenters. The van der Waals surface area contributed by atoms with E-state index in [1.807, 2.05) is 35.8 Å². The quantitative estimate of drug-likeness (QED) is 0.690. The topological polar surface area (TPSA) is 74.3 Å². The van der Waals surface area contributed by atoms with Crippen LogP contribution in [0.1, 0.15) is 16.8 Å². The van der Waals surface area contributed by atoms with Gasteiger partial charge in [-0.05, 0) is 61.4 Å². The highest BCUT2D eigenvalue weighted by molar-refractivity contribution is 7.91. The zero-order valence-corrected chi connectivity index (χ0v) is 16.9. The second kappa shape index (κ2) is 7.29. The molecular formula is C20H21ClN2O3S. The lowest BCUT2D eigenvalue weighted by Crippen LogP contribution is -2.09. The van der Waals surface area contributed by atoms with E-state index in [1.54, 1.807) is 26.2 Å². The number of ether oxygens (including phenoxy) is 1. The zero-order valence-electron chi connectivity index (χ0n) is 15.4. The van der Waals surface area contributed by atoms with Crippen LogP contribution in [0, 0.1) is 13.8 Å². The SMILES string of the molecule is COc1cccc(Cn2c(C)c(C)c(S(=O)(=O)c3ccc(Cl)cc3)c2N)c1. The number of aromatic nitrogens is 1. The van der Waals surface area contributed by atoms with Gasteiger partial charge in [0.1, 0.15) is 16.5 Å². The number of hydrogen-bond acceptors (Lipinski definition) is 4. The Kier molecular flexibility index (Phi) is 5.22. The second-order valence-corrected chi connectivity index (χ2v) is 8.64. The van der Waals surface area contributed by atoms with Crippen molar-refractivity contribution in [2.24, 2.45) is 0 Å². The molecule has 3 rings (SSSR count). The second-order valence-electron chi connectivity index (χ2n) is 6.32. The maximum absolute atomic E-state index is 13.1. The first kappa shape index (κ1) is 19.3. The van der Waals surface area contributed by atoms with Crippen molar-refractivity contribution in [3.63, 3.8) is 0 Å². The molecule has 1 heterocycles. The molecule has 5 nitrogen and oxygen atoms in total. The summed E-state index contributed by atoms with van der Waals surface area (Å²) in [5.41, 5.74) is 8.72. The van der Waals surface area contributed by atoms with Crippen LogP contribution >= 0.6 is 11.6 Å². The number of halogens is 1. The summed E-state index contributed by atoms with van der Waals surface area (Å²) >= 11 is 5.88. The molecule has 142 valence electrons. The lowest BCUT2D eigenvalue weighted by atomic mass is 10.2. The molecule has 0 bridgehead atoms. The molecule has 2 aromatic carbocycles. The molecule has 0 aliphatic rings. The monoisotopic (exact) mass is 404 g/mol. The van der Waals surface area contributed by atoms with E-state index in [0.29, 0.717) is 17.1 Å². The molecule has 0 saturated heterocycles. The molecule has 0 atom stereocenters. The highest BCUT2D eigenvalue weighted by atomic mass is 35.5. The molecule has 0 spiro atoms. The molecule has 0 saturated carbocycles. The van der Waals surface area contributed by atoms with Gasteiger partial charge in [-0.3, -0.25) is 0 Å². The van der Waals surface area contributed by atoms with Gasteiger partial charge in [0.2, 0.25) is 9.84 Å². The van der Waals surface area contributed by atoms with Crippen LogP contribution in [0.25, 0.3) is 0 Å². The summed E-state index contributed by atoms with van der Waals surface area (Å²) in [7, 11) is -2.15. The van der Waals surface area contributed by atoms with E-state index in [2.05, 4.69) is 0 Å². The first-order valence-electron chi connectivity index (χ1n) is 8.34. The fourth-order valence-corrected chi connectivity index (χ4v) is 4.88. The molecule has 3 aromatic rings. The number of anilines is 1. The van der Waals surface area contributed by atoms with Crippen molar-refractivity contribution in [1.82, 2.24) is 4.57 Å². The molecule has 1 aromatic heterocycles. The number of sulfone groups is 1. The van der Waals surface area contributed by atoms with Gasteiger partial charge < -0.3 is 15.0 Å². The fraction of sp³-hybridized carbons (Fsp3) is 0.200. The summed E-state index contributed by atoms with van der Waals surface area (Å²) in [6.07, 6.45) is 0. The van der Waals surface area contributed by atoms with Gasteiger partial charge in [-0.2, -0.15) is 0 Å². The predicted octanol–water partition coefficient (Wildman–Crippen LogP) is 4.23. The van der Waals surface area contributed by atoms with Crippen molar-refractivity contribution in [1.29, 1.82) is 0 Å². The highest BCUT2D eigenvalue weighted by Gasteiger charge is 2.28. The number of hydrogen-bond donors (Lipinski definition) is 1. The third-order valence-corrected chi connectivity index (χ3v) is 6.88. The Bertz CT molecular complexity index is 1090. The van der Waals surface area contributed by atoms with E-state index in [0.717, 1.165) is 17.0 Å². The third kappa shape index (κ3) is 3.55. The number of nitrogens with zero attached hydrogens (tertiary/aromatic N) is 1. The van der Waals surface area contributed by atoms with Crippen molar-refractivity contribution in [2.75, 3.05) is 12.8 Å². The zero-order chi connectivity index (χ0) is 19.8. The van der Waals surface area contributed by atoms with Crippen LogP contribution in [0.2, 0.25) is 5.02 Å². The van der Waals surface area contributed by atoms with Gasteiger partial charge in [0.15, 0.2) is 0 Å². The van der Waals surface area contributed by atoms with E-state index < -0.39 is 9.84 Å². The Morgan fingerprint density at radius 3 is 2.41 bits per heavy atom. The minimum absolute atomic E-state index is 0.144. The molecule has 2 N–H and O–H groups in total. The van der Waals surface area contributed by atoms with Gasteiger partial charge >= 0.3 is 0 Å². The fourth-order valence-electron chi connectivity index (χ4n) is 3.09. The van der Waals surface area contributed by atoms with Gasteiger partial charge in [-0.1, -0.05) is 23.7 Å². The summed E-state index contributed by atoms with van der Waals surface area (Å²) in [5, 5.41) is 0.477. The predicted molar refractivity (Wildman–Crippen MR) is 107 cm³/mol. The van der Waals surface area contributed by atoms with Crippen LogP contribution in [0.15, 0.2) is 58.3 Å². The van der Waals surface area contributed by atoms with Crippen LogP contribution in [0.3, 0.4) is 0 Å². The van der Waals surface area contributed by atoms with E-state index in [1.165, 1.54) is 12.1 Å². The first-order chi connectivity index (χ1) is 12.8. The smallest absolute Gasteiger partial charge is 0.210 e. The minimum Gasteiger partial charge on any atom is -0.497 e. The number of nitrogens with two attached hydrogens (primary N) is 1. The molecule has 0 amide bonds. The molecule has 0 aliphatic carbocycles. The van der Waals surface area contributed by atoms with Crippen LogP contribution in [0.4, 0.5) is 5.82 Å². The molecule has 0 aliphatic heterocycles. The van der Waals surface area contributed by atoms with E-state index in [4.69, 9.17) is 22.1 Å². The Balaban J connectivity index is 2.08. The molecule has 0 fully saturated rings. The van der Waals surface area contributed by atoms with Gasteiger partial charge in [0.05, 0.1) is 12.0 Å². The standard InChI is InChI=1S/C20H21ClN2O3S/c1-13-14(2)23(12-15-5-4-6-17(11-15)26-3)20(22)19(13)27(24,25)18-9-7-16(21)8-10-18/h4-11H,12,22H2,1-3H3. The number of nitrogen functional groups attached to an aromatic ring is 1. The average molecular weight is 405 g/mol. The van der Waals surface area contributed by atoms with Gasteiger partial charge in [0, 0.05) is 17.3 Å². The lowest BCUT2D eigenvalue weighted by Gasteiger charge is -2.11. The van der Waals surface area contributed by atoms with Crippen LogP contribution in [-0.4, -0.2) is 20.1 Å². The van der Waals surface area contributed by atoms with Crippen LogP contribution in [-0.2, 0) is 16.4 Å². The van der Waals surface area contributed by atoms with Crippen LogP contribution < -0.4 is 10.5 Å². The largest absolute Gasteiger partial charge is 0.497 e. The van der Waals surface area contributed by atoms with E-state index in [-0.39, 0.29) is 15.6 Å². The average Bonchev–Trinajstić information content (AvgIpc) is 2.86. The Morgan fingerprint density at radius 1 is 1.11 bits per heavy atom. The third-order valence-electron chi connectivity index (χ3n) is 4.68. The van der Waals surface area contributed by atoms with Gasteiger partial charge in [-0.25, -0.2) is 8.42 Å². The summed E-state index contributed by atoms with van der Waals surface area (Å²) in [6.45, 7) is 4.09. The summed E-state index contributed by atoms with van der Waals surface area (Å²) in [4.78, 5) is 0.311. The number of methoxy groups -OCH3 is 1. The molecule has 0 radical (unpaired) electrons. The van der Waals surface area contributed by atoms with E-state index in [9.17, 15) is 8.42 Å². The van der Waals surface area contributed by atoms with Crippen molar-refractivity contribution in [2.45, 2.75) is 30.2 Å². The van der Waals surface area contributed by atoms with Gasteiger partial charge in [-0.15, -0.1) is 0 Å². The Morgan fingerprint density at radius 2 is 1.78 bits per heavy atom. The van der Waals surface area contributed by atoms with Crippen molar-refractivity contribution < 1.29 is 13.2 Å². The molecule has 27 heavy (non-hydrogen) atoms. The normalized spacial score (nSPS) is 11.6. The summed E-state index contributed by atoms with van der Waals surface area (Å²) < 4.78 is 33.4. The van der Waals surface area contributed by atoms with Crippen molar-refractivity contribution in [3.05, 3.63) is 70.4 Å². The minimum atomic E-state index is -3.75. The summed E-state index contributed by atoms with van der Waals surface area (Å²) in [5.74, 6) is 0.962. The van der Waals surface area contributed by atoms with Crippen molar-refractivity contribution in [3.8, 4) is 5.75 Å². The maximum atomic E-state index is 13.1. The van der Waals surface area contributed by atoms with Gasteiger partial charge in [0.25, 0.3) is 0 Å². The summed E-state index contributed by atoms with van der Waals surface area (Å²) in [6, 6.07) is 13.7. The maximum Gasteiger partial charge on any atom is 0.210 e. The molecular weight excluding hydrogens is 384 g/mol. The lowest BCUT2D eigenvalue weighted by molar-refractivity contribution is 0.414. The molecule has 7 heteroatoms. The highest BCUT2D eigenvalue weighted by Crippen LogP contribution is 2.34. The van der Waals surface area contributed by atoms with E-state index >= 15 is 0 Å². The number of benzene rings is 2. The Labute approximate surface area is 164 Å². The Hall–Kier alpha value is -2.44. The first-order valence-corrected chi connectivity index (χ1v) is 10.2. The van der Waals surface area contributed by atoms with Crippen molar-refractivity contribution >= 4 is 27.3 Å². The number of rotatable bonds is 5.